The third-order valence-corrected chi connectivity index (χ3v) is 5.76. The summed E-state index contributed by atoms with van der Waals surface area (Å²) in [6.45, 7) is 5.04. The van der Waals surface area contributed by atoms with Crippen LogP contribution in [0.1, 0.15) is 32.6 Å². The summed E-state index contributed by atoms with van der Waals surface area (Å²) >= 11 is 0. The summed E-state index contributed by atoms with van der Waals surface area (Å²) in [7, 11) is 1.70. The Labute approximate surface area is 120 Å². The van der Waals surface area contributed by atoms with Gasteiger partial charge in [0.1, 0.15) is 5.60 Å². The molecule has 1 saturated carbocycles. The van der Waals surface area contributed by atoms with Crippen molar-refractivity contribution in [2.24, 2.45) is 11.8 Å². The smallest absolute Gasteiger partial charge is 0.169 e. The molecule has 4 heterocycles. The van der Waals surface area contributed by atoms with Crippen LogP contribution in [-0.4, -0.2) is 60.5 Å². The first kappa shape index (κ1) is 13.5. The van der Waals surface area contributed by atoms with Gasteiger partial charge in [-0.15, -0.1) is 0 Å². The average Bonchev–Trinajstić information content (AvgIpc) is 2.95. The molecule has 1 N–H and O–H groups in total. The second-order valence-electron chi connectivity index (χ2n) is 7.14. The van der Waals surface area contributed by atoms with Gasteiger partial charge < -0.3 is 24.2 Å². The number of methoxy groups -OCH3 is 1. The predicted molar refractivity (Wildman–Crippen MR) is 72.0 cm³/mol. The Bertz CT molecular complexity index is 389. The van der Waals surface area contributed by atoms with Crippen molar-refractivity contribution in [1.82, 2.24) is 4.90 Å². The third kappa shape index (κ3) is 1.74. The van der Waals surface area contributed by atoms with Crippen LogP contribution in [-0.2, 0) is 14.2 Å². The van der Waals surface area contributed by atoms with Gasteiger partial charge in [-0.05, 0) is 45.2 Å². The molecule has 0 aromatic carbocycles. The normalized spacial score (nSPS) is 54.8. The van der Waals surface area contributed by atoms with Gasteiger partial charge in [-0.2, -0.15) is 0 Å². The van der Waals surface area contributed by atoms with Crippen molar-refractivity contribution < 1.29 is 19.3 Å². The fourth-order valence-electron chi connectivity index (χ4n) is 5.09. The highest BCUT2D eigenvalue weighted by atomic mass is 16.8. The summed E-state index contributed by atoms with van der Waals surface area (Å²) in [6, 6.07) is 0. The summed E-state index contributed by atoms with van der Waals surface area (Å²) in [5, 5.41) is 10.7. The van der Waals surface area contributed by atoms with Crippen molar-refractivity contribution in [2.45, 2.75) is 56.4 Å². The lowest BCUT2D eigenvalue weighted by Crippen LogP contribution is -2.69. The van der Waals surface area contributed by atoms with Crippen LogP contribution in [0.15, 0.2) is 0 Å². The molecule has 0 aromatic heterocycles. The van der Waals surface area contributed by atoms with Crippen LogP contribution in [0, 0.1) is 11.8 Å². The molecule has 0 aromatic rings. The summed E-state index contributed by atoms with van der Waals surface area (Å²) in [5.74, 6) is 0.00656. The summed E-state index contributed by atoms with van der Waals surface area (Å²) in [5.41, 5.74) is -0.499. The number of fused-ring (bicyclic) bond motifs is 1. The van der Waals surface area contributed by atoms with Gasteiger partial charge in [0.2, 0.25) is 0 Å². The van der Waals surface area contributed by atoms with E-state index in [1.807, 2.05) is 6.92 Å². The monoisotopic (exact) mass is 283 g/mol. The molecule has 114 valence electrons. The van der Waals surface area contributed by atoms with Crippen molar-refractivity contribution >= 4 is 0 Å². The number of aliphatic hydroxyl groups excluding tert-OH is 1. The summed E-state index contributed by atoms with van der Waals surface area (Å²) in [6.07, 6.45) is 3.55. The highest BCUT2D eigenvalue weighted by Crippen LogP contribution is 2.60. The number of rotatable bonds is 3. The Hall–Kier alpha value is -0.200. The first-order valence-electron chi connectivity index (χ1n) is 7.87. The largest absolute Gasteiger partial charge is 0.390 e. The molecule has 1 aliphatic carbocycles. The molecule has 0 amide bonds. The maximum absolute atomic E-state index is 10.7. The molecule has 5 aliphatic rings. The quantitative estimate of drug-likeness (QED) is 0.836. The van der Waals surface area contributed by atoms with Crippen LogP contribution in [0.4, 0.5) is 0 Å². The van der Waals surface area contributed by atoms with Crippen molar-refractivity contribution in [2.75, 3.05) is 26.7 Å². The maximum Gasteiger partial charge on any atom is 0.169 e. The lowest BCUT2D eigenvalue weighted by molar-refractivity contribution is -0.439. The van der Waals surface area contributed by atoms with E-state index >= 15 is 0 Å². The Morgan fingerprint density at radius 1 is 1.35 bits per heavy atom. The van der Waals surface area contributed by atoms with E-state index in [1.165, 1.54) is 12.8 Å². The van der Waals surface area contributed by atoms with Crippen LogP contribution in [0.25, 0.3) is 0 Å². The molecule has 6 atom stereocenters. The second kappa shape index (κ2) is 4.40. The van der Waals surface area contributed by atoms with Crippen molar-refractivity contribution in [3.05, 3.63) is 0 Å². The number of hydrogen-bond donors (Lipinski definition) is 1. The molecule has 4 aliphatic heterocycles. The van der Waals surface area contributed by atoms with E-state index in [-0.39, 0.29) is 12.2 Å². The predicted octanol–water partition coefficient (Wildman–Crippen LogP) is 0.957. The fourth-order valence-corrected chi connectivity index (χ4v) is 5.09. The Kier molecular flexibility index (Phi) is 2.96. The maximum atomic E-state index is 10.7. The standard InChI is InChI=1S/C15H25NO4/c1-14-8-10-7-11(17)15(20-14,9-16-5-3-4-6-16)12(10)13(18-2)19-14/h10-13,17H,3-9H2,1-2H3/t10?,11-,12?,13+,14?,15?/m1/s1. The molecule has 4 bridgehead atoms. The number of hydrogen-bond acceptors (Lipinski definition) is 5. The van der Waals surface area contributed by atoms with Crippen LogP contribution in [0.5, 0.6) is 0 Å². The summed E-state index contributed by atoms with van der Waals surface area (Å²) in [4.78, 5) is 2.43. The fraction of sp³-hybridized carbons (Fsp3) is 1.00. The SMILES string of the molecule is CO[C@H]1OC2(C)CC3C[C@@H](O)C(CN4CCCC4)(O2)C31. The number of nitrogens with zero attached hydrogens (tertiary/aromatic N) is 1. The van der Waals surface area contributed by atoms with Gasteiger partial charge in [0.15, 0.2) is 12.1 Å². The molecule has 5 heteroatoms. The van der Waals surface area contributed by atoms with E-state index in [9.17, 15) is 5.11 Å². The molecule has 4 saturated heterocycles. The van der Waals surface area contributed by atoms with E-state index in [1.54, 1.807) is 7.11 Å². The number of aliphatic hydroxyl groups is 1. The molecular formula is C15H25NO4. The number of likely N-dealkylation sites (tertiary alicyclic amines) is 1. The average molecular weight is 283 g/mol. The molecule has 0 radical (unpaired) electrons. The lowest BCUT2D eigenvalue weighted by Gasteiger charge is -2.58. The lowest BCUT2D eigenvalue weighted by atomic mass is 9.75. The minimum absolute atomic E-state index is 0.157. The van der Waals surface area contributed by atoms with E-state index < -0.39 is 17.5 Å². The first-order chi connectivity index (χ1) is 9.56. The molecular weight excluding hydrogens is 258 g/mol. The third-order valence-electron chi connectivity index (χ3n) is 5.76. The van der Waals surface area contributed by atoms with Gasteiger partial charge in [-0.1, -0.05) is 0 Å². The van der Waals surface area contributed by atoms with Gasteiger partial charge in [0.05, 0.1) is 6.10 Å². The molecule has 4 unspecified atom stereocenters. The minimum Gasteiger partial charge on any atom is -0.390 e. The van der Waals surface area contributed by atoms with Crippen LogP contribution < -0.4 is 0 Å². The zero-order chi connectivity index (χ0) is 14.0. The molecule has 5 rings (SSSR count). The van der Waals surface area contributed by atoms with Crippen LogP contribution in [0.3, 0.4) is 0 Å². The van der Waals surface area contributed by atoms with Gasteiger partial charge >= 0.3 is 0 Å². The van der Waals surface area contributed by atoms with Gasteiger partial charge in [0.25, 0.3) is 0 Å². The van der Waals surface area contributed by atoms with E-state index in [0.29, 0.717) is 5.92 Å². The van der Waals surface area contributed by atoms with Crippen molar-refractivity contribution in [3.8, 4) is 0 Å². The Balaban J connectivity index is 1.68. The minimum atomic E-state index is -0.600. The molecule has 0 spiro atoms. The number of ether oxygens (including phenoxy) is 3. The van der Waals surface area contributed by atoms with Gasteiger partial charge in [0, 0.05) is 26.0 Å². The highest BCUT2D eigenvalue weighted by Gasteiger charge is 2.70. The highest BCUT2D eigenvalue weighted by molar-refractivity contribution is 5.14. The molecule has 20 heavy (non-hydrogen) atoms. The van der Waals surface area contributed by atoms with E-state index in [4.69, 9.17) is 14.2 Å². The second-order valence-corrected chi connectivity index (χ2v) is 7.14. The Morgan fingerprint density at radius 3 is 2.80 bits per heavy atom. The van der Waals surface area contributed by atoms with E-state index in [2.05, 4.69) is 4.90 Å². The Morgan fingerprint density at radius 2 is 2.10 bits per heavy atom. The first-order valence-corrected chi connectivity index (χ1v) is 7.87. The topological polar surface area (TPSA) is 51.2 Å². The summed E-state index contributed by atoms with van der Waals surface area (Å²) < 4.78 is 17.9. The zero-order valence-electron chi connectivity index (χ0n) is 12.4. The van der Waals surface area contributed by atoms with Crippen molar-refractivity contribution in [1.29, 1.82) is 0 Å². The molecule has 5 fully saturated rings. The molecule has 5 nitrogen and oxygen atoms in total. The van der Waals surface area contributed by atoms with Crippen molar-refractivity contribution in [3.63, 3.8) is 0 Å². The zero-order valence-corrected chi connectivity index (χ0v) is 12.4. The van der Waals surface area contributed by atoms with Gasteiger partial charge in [-0.3, -0.25) is 0 Å². The van der Waals surface area contributed by atoms with Gasteiger partial charge in [-0.25, -0.2) is 0 Å². The van der Waals surface area contributed by atoms with Crippen LogP contribution >= 0.6 is 0 Å². The van der Waals surface area contributed by atoms with Crippen LogP contribution in [0.2, 0.25) is 0 Å². The van der Waals surface area contributed by atoms with E-state index in [0.717, 1.165) is 32.5 Å².